The summed E-state index contributed by atoms with van der Waals surface area (Å²) in [6.45, 7) is 1.95. The molecule has 0 heterocycles. The monoisotopic (exact) mass is 325 g/mol. The Morgan fingerprint density at radius 1 is 1.11 bits per heavy atom. The smallest absolute Gasteiger partial charge is 0.148 e. The SMILES string of the molecule is CNC(C)c1ccccc1-c1c(F)ccc(Br)c1F. The first-order valence-electron chi connectivity index (χ1n) is 5.96. The van der Waals surface area contributed by atoms with E-state index >= 15 is 0 Å². The van der Waals surface area contributed by atoms with Crippen molar-refractivity contribution >= 4 is 15.9 Å². The summed E-state index contributed by atoms with van der Waals surface area (Å²) in [6, 6.07) is 9.89. The fourth-order valence-corrected chi connectivity index (χ4v) is 2.36. The average Bonchev–Trinajstić information content (AvgIpc) is 2.43. The lowest BCUT2D eigenvalue weighted by molar-refractivity contribution is 0.583. The predicted molar refractivity (Wildman–Crippen MR) is 77.0 cm³/mol. The van der Waals surface area contributed by atoms with Crippen LogP contribution in [-0.2, 0) is 0 Å². The van der Waals surface area contributed by atoms with Crippen LogP contribution in [0.5, 0.6) is 0 Å². The van der Waals surface area contributed by atoms with Gasteiger partial charge in [-0.15, -0.1) is 0 Å². The van der Waals surface area contributed by atoms with E-state index < -0.39 is 11.6 Å². The van der Waals surface area contributed by atoms with E-state index in [9.17, 15) is 8.78 Å². The standard InChI is InChI=1S/C15H14BrF2N/c1-9(19-2)10-5-3-4-6-11(10)14-13(17)8-7-12(16)15(14)18/h3-9,19H,1-2H3. The molecule has 1 atom stereocenters. The van der Waals surface area contributed by atoms with Crippen molar-refractivity contribution < 1.29 is 8.78 Å². The fourth-order valence-electron chi connectivity index (χ4n) is 2.03. The Kier molecular flexibility index (Phi) is 4.32. The number of rotatable bonds is 3. The van der Waals surface area contributed by atoms with Crippen molar-refractivity contribution in [2.45, 2.75) is 13.0 Å². The van der Waals surface area contributed by atoms with Gasteiger partial charge < -0.3 is 5.32 Å². The van der Waals surface area contributed by atoms with Gasteiger partial charge in [0.1, 0.15) is 11.6 Å². The Labute approximate surface area is 119 Å². The highest BCUT2D eigenvalue weighted by atomic mass is 79.9. The molecule has 0 fully saturated rings. The molecule has 0 radical (unpaired) electrons. The van der Waals surface area contributed by atoms with E-state index in [-0.39, 0.29) is 16.1 Å². The molecule has 4 heteroatoms. The zero-order chi connectivity index (χ0) is 14.0. The average molecular weight is 326 g/mol. The molecule has 100 valence electrons. The molecule has 0 aliphatic carbocycles. The maximum Gasteiger partial charge on any atom is 0.148 e. The van der Waals surface area contributed by atoms with Crippen molar-refractivity contribution in [3.05, 3.63) is 58.1 Å². The van der Waals surface area contributed by atoms with Crippen LogP contribution in [0.15, 0.2) is 40.9 Å². The van der Waals surface area contributed by atoms with Crippen LogP contribution in [0.2, 0.25) is 0 Å². The van der Waals surface area contributed by atoms with Crippen molar-refractivity contribution in [2.75, 3.05) is 7.05 Å². The highest BCUT2D eigenvalue weighted by Gasteiger charge is 2.18. The van der Waals surface area contributed by atoms with Crippen LogP contribution in [0.1, 0.15) is 18.5 Å². The zero-order valence-corrected chi connectivity index (χ0v) is 12.3. The first kappa shape index (κ1) is 14.2. The highest BCUT2D eigenvalue weighted by molar-refractivity contribution is 9.10. The molecule has 0 spiro atoms. The minimum absolute atomic E-state index is 0.00655. The minimum atomic E-state index is -0.573. The van der Waals surface area contributed by atoms with Crippen molar-refractivity contribution in [3.63, 3.8) is 0 Å². The van der Waals surface area contributed by atoms with E-state index in [1.165, 1.54) is 12.1 Å². The van der Waals surface area contributed by atoms with E-state index in [1.807, 2.05) is 26.1 Å². The molecule has 0 aliphatic heterocycles. The van der Waals surface area contributed by atoms with Gasteiger partial charge in [-0.2, -0.15) is 0 Å². The maximum atomic E-state index is 14.2. The quantitative estimate of drug-likeness (QED) is 0.808. The molecule has 0 amide bonds. The van der Waals surface area contributed by atoms with Gasteiger partial charge in [0.2, 0.25) is 0 Å². The van der Waals surface area contributed by atoms with Gasteiger partial charge in [0, 0.05) is 6.04 Å². The summed E-state index contributed by atoms with van der Waals surface area (Å²) in [4.78, 5) is 0. The van der Waals surface area contributed by atoms with Crippen molar-refractivity contribution in [3.8, 4) is 11.1 Å². The van der Waals surface area contributed by atoms with Gasteiger partial charge in [0.05, 0.1) is 10.0 Å². The van der Waals surface area contributed by atoms with Crippen molar-refractivity contribution in [1.82, 2.24) is 5.32 Å². The molecule has 0 bridgehead atoms. The fraction of sp³-hybridized carbons (Fsp3) is 0.200. The summed E-state index contributed by atoms with van der Waals surface area (Å²) in [5, 5.41) is 3.09. The Balaban J connectivity index is 2.69. The summed E-state index contributed by atoms with van der Waals surface area (Å²) in [7, 11) is 1.81. The van der Waals surface area contributed by atoms with Crippen LogP contribution >= 0.6 is 15.9 Å². The third-order valence-corrected chi connectivity index (χ3v) is 3.79. The molecule has 1 nitrogen and oxygen atoms in total. The summed E-state index contributed by atoms with van der Waals surface area (Å²) in [5.74, 6) is -1.13. The van der Waals surface area contributed by atoms with Crippen LogP contribution in [0, 0.1) is 11.6 Å². The Hall–Kier alpha value is -1.26. The summed E-state index contributed by atoms with van der Waals surface area (Å²) >= 11 is 3.10. The van der Waals surface area contributed by atoms with Gasteiger partial charge in [-0.1, -0.05) is 24.3 Å². The van der Waals surface area contributed by atoms with E-state index in [2.05, 4.69) is 21.2 Å². The van der Waals surface area contributed by atoms with Crippen molar-refractivity contribution in [2.24, 2.45) is 0 Å². The van der Waals surface area contributed by atoms with Crippen LogP contribution in [0.25, 0.3) is 11.1 Å². The predicted octanol–water partition coefficient (Wildman–Crippen LogP) is 4.67. The maximum absolute atomic E-state index is 14.2. The van der Waals surface area contributed by atoms with Gasteiger partial charge in [-0.25, -0.2) is 8.78 Å². The second-order valence-electron chi connectivity index (χ2n) is 4.32. The van der Waals surface area contributed by atoms with Gasteiger partial charge >= 0.3 is 0 Å². The summed E-state index contributed by atoms with van der Waals surface area (Å²) in [6.07, 6.45) is 0. The third-order valence-electron chi connectivity index (χ3n) is 3.17. The number of hydrogen-bond acceptors (Lipinski definition) is 1. The Bertz CT molecular complexity index is 599. The molecule has 0 saturated carbocycles. The van der Waals surface area contributed by atoms with Crippen LogP contribution in [0.3, 0.4) is 0 Å². The van der Waals surface area contributed by atoms with Crippen LogP contribution in [-0.4, -0.2) is 7.05 Å². The molecule has 1 N–H and O–H groups in total. The second kappa shape index (κ2) is 5.80. The van der Waals surface area contributed by atoms with Gasteiger partial charge in [0.25, 0.3) is 0 Å². The first-order valence-corrected chi connectivity index (χ1v) is 6.75. The highest BCUT2D eigenvalue weighted by Crippen LogP contribution is 2.34. The molecule has 2 aromatic rings. The van der Waals surface area contributed by atoms with Crippen LogP contribution < -0.4 is 5.32 Å². The number of nitrogens with one attached hydrogen (secondary N) is 1. The van der Waals surface area contributed by atoms with E-state index in [4.69, 9.17) is 0 Å². The topological polar surface area (TPSA) is 12.0 Å². The van der Waals surface area contributed by atoms with Crippen LogP contribution in [0.4, 0.5) is 8.78 Å². The zero-order valence-electron chi connectivity index (χ0n) is 10.7. The van der Waals surface area contributed by atoms with E-state index in [1.54, 1.807) is 12.1 Å². The van der Waals surface area contributed by atoms with Gasteiger partial charge in [-0.3, -0.25) is 0 Å². The Morgan fingerprint density at radius 3 is 2.47 bits per heavy atom. The summed E-state index contributed by atoms with van der Waals surface area (Å²) < 4.78 is 28.4. The second-order valence-corrected chi connectivity index (χ2v) is 5.17. The molecule has 0 saturated heterocycles. The molecule has 2 rings (SSSR count). The lowest BCUT2D eigenvalue weighted by Crippen LogP contribution is -2.13. The lowest BCUT2D eigenvalue weighted by Gasteiger charge is -2.17. The molecule has 0 aliphatic rings. The molecular weight excluding hydrogens is 312 g/mol. The number of halogens is 3. The largest absolute Gasteiger partial charge is 0.313 e. The molecule has 19 heavy (non-hydrogen) atoms. The Morgan fingerprint density at radius 2 is 1.79 bits per heavy atom. The first-order chi connectivity index (χ1) is 9.06. The minimum Gasteiger partial charge on any atom is -0.313 e. The molecule has 0 aromatic heterocycles. The van der Waals surface area contributed by atoms with Crippen molar-refractivity contribution in [1.29, 1.82) is 0 Å². The molecular formula is C15H14BrF2N. The molecule has 2 aromatic carbocycles. The normalized spacial score (nSPS) is 12.5. The van der Waals surface area contributed by atoms with Gasteiger partial charge in [0.15, 0.2) is 0 Å². The number of benzene rings is 2. The lowest BCUT2D eigenvalue weighted by atomic mass is 9.95. The van der Waals surface area contributed by atoms with E-state index in [0.29, 0.717) is 5.56 Å². The molecule has 1 unspecified atom stereocenters. The summed E-state index contributed by atoms with van der Waals surface area (Å²) in [5.41, 5.74) is 1.44. The van der Waals surface area contributed by atoms with Gasteiger partial charge in [-0.05, 0) is 53.2 Å². The third kappa shape index (κ3) is 2.69. The van der Waals surface area contributed by atoms with E-state index in [0.717, 1.165) is 5.56 Å². The number of hydrogen-bond donors (Lipinski definition) is 1.